The summed E-state index contributed by atoms with van der Waals surface area (Å²) in [6.45, 7) is 5.14. The van der Waals surface area contributed by atoms with Crippen molar-refractivity contribution in [2.24, 2.45) is 5.92 Å². The molecule has 0 aliphatic carbocycles. The van der Waals surface area contributed by atoms with Crippen LogP contribution >= 0.6 is 11.6 Å². The van der Waals surface area contributed by atoms with Crippen molar-refractivity contribution in [1.82, 2.24) is 5.32 Å². The summed E-state index contributed by atoms with van der Waals surface area (Å²) in [5.74, 6) is 1.02. The first kappa shape index (κ1) is 16.0. The lowest BCUT2D eigenvalue weighted by atomic mass is 9.99. The zero-order valence-electron chi connectivity index (χ0n) is 11.9. The van der Waals surface area contributed by atoms with Gasteiger partial charge in [0.15, 0.2) is 0 Å². The van der Waals surface area contributed by atoms with E-state index in [2.05, 4.69) is 19.2 Å². The number of benzene rings is 1. The third-order valence-corrected chi connectivity index (χ3v) is 3.75. The summed E-state index contributed by atoms with van der Waals surface area (Å²) in [6.07, 6.45) is 4.75. The second-order valence-electron chi connectivity index (χ2n) is 4.96. The van der Waals surface area contributed by atoms with E-state index >= 15 is 0 Å². The lowest BCUT2D eigenvalue weighted by Crippen LogP contribution is -2.29. The molecule has 0 saturated heterocycles. The van der Waals surface area contributed by atoms with E-state index in [1.807, 2.05) is 24.3 Å². The summed E-state index contributed by atoms with van der Waals surface area (Å²) in [4.78, 5) is 12.1. The fourth-order valence-corrected chi connectivity index (χ4v) is 2.24. The number of unbranched alkanes of at least 4 members (excludes halogenated alkanes) is 1. The molecule has 1 aromatic carbocycles. The zero-order valence-corrected chi connectivity index (χ0v) is 12.7. The molecule has 1 aromatic rings. The van der Waals surface area contributed by atoms with E-state index in [0.717, 1.165) is 18.5 Å². The third-order valence-electron chi connectivity index (χ3n) is 3.44. The fourth-order valence-electron chi connectivity index (χ4n) is 2.08. The Morgan fingerprint density at radius 1 is 1.37 bits per heavy atom. The molecule has 1 amide bonds. The Bertz CT molecular complexity index is 392. The Morgan fingerprint density at radius 3 is 2.79 bits per heavy atom. The highest BCUT2D eigenvalue weighted by atomic mass is 35.5. The SMILES string of the molecule is CCCCC(CC)CNC(=O)c1cccc(CCl)c1. The number of amides is 1. The van der Waals surface area contributed by atoms with Crippen LogP contribution < -0.4 is 5.32 Å². The Labute approximate surface area is 121 Å². The first-order valence-corrected chi connectivity index (χ1v) is 7.67. The third kappa shape index (κ3) is 5.65. The molecule has 19 heavy (non-hydrogen) atoms. The smallest absolute Gasteiger partial charge is 0.251 e. The normalized spacial score (nSPS) is 12.2. The molecule has 0 saturated carbocycles. The number of hydrogen-bond acceptors (Lipinski definition) is 1. The summed E-state index contributed by atoms with van der Waals surface area (Å²) in [7, 11) is 0. The average Bonchev–Trinajstić information content (AvgIpc) is 2.47. The predicted molar refractivity (Wildman–Crippen MR) is 81.6 cm³/mol. The van der Waals surface area contributed by atoms with Gasteiger partial charge in [0.2, 0.25) is 0 Å². The van der Waals surface area contributed by atoms with Crippen LogP contribution in [0.4, 0.5) is 0 Å². The summed E-state index contributed by atoms with van der Waals surface area (Å²) >= 11 is 5.78. The van der Waals surface area contributed by atoms with E-state index in [-0.39, 0.29) is 5.91 Å². The van der Waals surface area contributed by atoms with Gasteiger partial charge in [-0.1, -0.05) is 45.2 Å². The zero-order chi connectivity index (χ0) is 14.1. The van der Waals surface area contributed by atoms with E-state index < -0.39 is 0 Å². The van der Waals surface area contributed by atoms with Gasteiger partial charge in [-0.05, 0) is 30.0 Å². The maximum absolute atomic E-state index is 12.1. The molecular formula is C16H24ClNO. The molecule has 0 aliphatic rings. The van der Waals surface area contributed by atoms with Gasteiger partial charge in [0, 0.05) is 18.0 Å². The first-order chi connectivity index (χ1) is 9.21. The summed E-state index contributed by atoms with van der Waals surface area (Å²) < 4.78 is 0. The van der Waals surface area contributed by atoms with Gasteiger partial charge in [0.1, 0.15) is 0 Å². The van der Waals surface area contributed by atoms with Gasteiger partial charge in [-0.3, -0.25) is 4.79 Å². The summed E-state index contributed by atoms with van der Waals surface area (Å²) in [6, 6.07) is 7.49. The molecule has 0 spiro atoms. The monoisotopic (exact) mass is 281 g/mol. The van der Waals surface area contributed by atoms with E-state index in [1.54, 1.807) is 0 Å². The van der Waals surface area contributed by atoms with Crippen molar-refractivity contribution >= 4 is 17.5 Å². The predicted octanol–water partition coefficient (Wildman–Crippen LogP) is 4.37. The molecule has 1 unspecified atom stereocenters. The largest absolute Gasteiger partial charge is 0.352 e. The van der Waals surface area contributed by atoms with Gasteiger partial charge in [0.05, 0.1) is 0 Å². The molecule has 106 valence electrons. The van der Waals surface area contributed by atoms with Crippen molar-refractivity contribution in [2.45, 2.75) is 45.4 Å². The Morgan fingerprint density at radius 2 is 2.16 bits per heavy atom. The fraction of sp³-hybridized carbons (Fsp3) is 0.562. The molecule has 0 radical (unpaired) electrons. The molecule has 3 heteroatoms. The van der Waals surface area contributed by atoms with Crippen LogP contribution in [0, 0.1) is 5.92 Å². The number of hydrogen-bond donors (Lipinski definition) is 1. The Hall–Kier alpha value is -1.02. The first-order valence-electron chi connectivity index (χ1n) is 7.14. The number of rotatable bonds is 8. The lowest BCUT2D eigenvalue weighted by Gasteiger charge is -2.15. The minimum atomic E-state index is 0.00177. The van der Waals surface area contributed by atoms with Gasteiger partial charge in [-0.25, -0.2) is 0 Å². The molecule has 1 rings (SSSR count). The molecule has 0 aromatic heterocycles. The average molecular weight is 282 g/mol. The Kier molecular flexibility index (Phi) is 7.57. The number of carbonyl (C=O) groups is 1. The van der Waals surface area contributed by atoms with Crippen LogP contribution in [-0.2, 0) is 5.88 Å². The molecule has 1 atom stereocenters. The molecule has 0 aliphatic heterocycles. The van der Waals surface area contributed by atoms with Gasteiger partial charge >= 0.3 is 0 Å². The van der Waals surface area contributed by atoms with Crippen molar-refractivity contribution in [2.75, 3.05) is 6.54 Å². The van der Waals surface area contributed by atoms with Crippen molar-refractivity contribution in [1.29, 1.82) is 0 Å². The van der Waals surface area contributed by atoms with Crippen LogP contribution in [0.2, 0.25) is 0 Å². The number of alkyl halides is 1. The lowest BCUT2D eigenvalue weighted by molar-refractivity contribution is 0.0945. The van der Waals surface area contributed by atoms with Crippen molar-refractivity contribution in [3.8, 4) is 0 Å². The van der Waals surface area contributed by atoms with E-state index in [4.69, 9.17) is 11.6 Å². The van der Waals surface area contributed by atoms with Crippen LogP contribution in [0.25, 0.3) is 0 Å². The molecule has 0 heterocycles. The minimum Gasteiger partial charge on any atom is -0.352 e. The molecule has 1 N–H and O–H groups in total. The second kappa shape index (κ2) is 8.98. The van der Waals surface area contributed by atoms with Crippen LogP contribution in [-0.4, -0.2) is 12.5 Å². The van der Waals surface area contributed by atoms with Crippen molar-refractivity contribution < 1.29 is 4.79 Å². The van der Waals surface area contributed by atoms with Gasteiger partial charge < -0.3 is 5.32 Å². The van der Waals surface area contributed by atoms with Gasteiger partial charge in [0.25, 0.3) is 5.91 Å². The topological polar surface area (TPSA) is 29.1 Å². The highest BCUT2D eigenvalue weighted by Crippen LogP contribution is 2.12. The van der Waals surface area contributed by atoms with Crippen LogP contribution in [0.3, 0.4) is 0 Å². The standard InChI is InChI=1S/C16H24ClNO/c1-3-5-7-13(4-2)12-18-16(19)15-9-6-8-14(10-15)11-17/h6,8-10,13H,3-5,7,11-12H2,1-2H3,(H,18,19). The quantitative estimate of drug-likeness (QED) is 0.704. The van der Waals surface area contributed by atoms with E-state index in [1.165, 1.54) is 19.3 Å². The van der Waals surface area contributed by atoms with E-state index in [0.29, 0.717) is 17.4 Å². The summed E-state index contributed by atoms with van der Waals surface area (Å²) in [5.41, 5.74) is 1.68. The number of nitrogens with one attached hydrogen (secondary N) is 1. The van der Waals surface area contributed by atoms with Crippen LogP contribution in [0.1, 0.15) is 55.5 Å². The van der Waals surface area contributed by atoms with E-state index in [9.17, 15) is 4.79 Å². The van der Waals surface area contributed by atoms with Crippen molar-refractivity contribution in [3.63, 3.8) is 0 Å². The molecule has 2 nitrogen and oxygen atoms in total. The maximum atomic E-state index is 12.1. The molecule has 0 bridgehead atoms. The van der Waals surface area contributed by atoms with Crippen molar-refractivity contribution in [3.05, 3.63) is 35.4 Å². The Balaban J connectivity index is 2.49. The van der Waals surface area contributed by atoms with Gasteiger partial charge in [-0.2, -0.15) is 0 Å². The highest BCUT2D eigenvalue weighted by molar-refractivity contribution is 6.17. The number of halogens is 1. The van der Waals surface area contributed by atoms with Gasteiger partial charge in [-0.15, -0.1) is 11.6 Å². The second-order valence-corrected chi connectivity index (χ2v) is 5.23. The highest BCUT2D eigenvalue weighted by Gasteiger charge is 2.10. The minimum absolute atomic E-state index is 0.00177. The maximum Gasteiger partial charge on any atom is 0.251 e. The molecule has 0 fully saturated rings. The van der Waals surface area contributed by atoms with Crippen LogP contribution in [0.15, 0.2) is 24.3 Å². The molecular weight excluding hydrogens is 258 g/mol. The summed E-state index contributed by atoms with van der Waals surface area (Å²) in [5, 5.41) is 3.03. The van der Waals surface area contributed by atoms with Crippen LogP contribution in [0.5, 0.6) is 0 Å². The number of carbonyl (C=O) groups excluding carboxylic acids is 1.